The van der Waals surface area contributed by atoms with Gasteiger partial charge in [0.25, 0.3) is 0 Å². The van der Waals surface area contributed by atoms with Gasteiger partial charge in [-0.05, 0) is 49.7 Å². The van der Waals surface area contributed by atoms with E-state index >= 15 is 0 Å². The Bertz CT molecular complexity index is 745. The van der Waals surface area contributed by atoms with Crippen LogP contribution in [-0.4, -0.2) is 16.9 Å². The molecule has 0 saturated heterocycles. The lowest BCUT2D eigenvalue weighted by molar-refractivity contribution is 0.415. The molecule has 0 N–H and O–H groups in total. The summed E-state index contributed by atoms with van der Waals surface area (Å²) >= 11 is 0. The van der Waals surface area contributed by atoms with Crippen LogP contribution in [0.3, 0.4) is 0 Å². The molecule has 3 rings (SSSR count). The number of hydrogen-bond acceptors (Lipinski definition) is 2. The summed E-state index contributed by atoms with van der Waals surface area (Å²) in [5.41, 5.74) is 4.50. The molecule has 0 unspecified atom stereocenters. The van der Waals surface area contributed by atoms with Crippen molar-refractivity contribution in [3.05, 3.63) is 71.9 Å². The molecule has 0 radical (unpaired) electrons. The first-order chi connectivity index (χ1) is 10.7. The maximum Gasteiger partial charge on any atom is 0.118 e. The van der Waals surface area contributed by atoms with Crippen LogP contribution in [0.5, 0.6) is 5.75 Å². The van der Waals surface area contributed by atoms with Crippen molar-refractivity contribution >= 4 is 0 Å². The summed E-state index contributed by atoms with van der Waals surface area (Å²) in [6, 6.07) is 20.8. The number of ether oxygens (including phenoxy) is 1. The van der Waals surface area contributed by atoms with E-state index in [4.69, 9.17) is 9.84 Å². The van der Waals surface area contributed by atoms with Crippen LogP contribution in [0.2, 0.25) is 0 Å². The summed E-state index contributed by atoms with van der Waals surface area (Å²) in [4.78, 5) is 0. The van der Waals surface area contributed by atoms with Gasteiger partial charge in [-0.25, -0.2) is 0 Å². The highest BCUT2D eigenvalue weighted by molar-refractivity contribution is 5.60. The van der Waals surface area contributed by atoms with Crippen molar-refractivity contribution in [2.24, 2.45) is 0 Å². The van der Waals surface area contributed by atoms with E-state index in [1.54, 1.807) is 7.11 Å². The molecule has 112 valence electrons. The van der Waals surface area contributed by atoms with Crippen molar-refractivity contribution in [3.8, 4) is 17.0 Å². The molecule has 1 heterocycles. The van der Waals surface area contributed by atoms with Gasteiger partial charge in [0.2, 0.25) is 0 Å². The molecule has 3 nitrogen and oxygen atoms in total. The molecule has 0 saturated carbocycles. The number of methoxy groups -OCH3 is 1. The first-order valence-electron chi connectivity index (χ1n) is 7.44. The molecule has 0 aliphatic carbocycles. The number of hydrogen-bond donors (Lipinski definition) is 0. The molecule has 0 spiro atoms. The van der Waals surface area contributed by atoms with Gasteiger partial charge in [-0.1, -0.05) is 30.3 Å². The lowest BCUT2D eigenvalue weighted by atomic mass is 10.1. The molecule has 3 aromatic rings. The van der Waals surface area contributed by atoms with Gasteiger partial charge in [-0.15, -0.1) is 0 Å². The Labute approximate surface area is 131 Å². The predicted molar refractivity (Wildman–Crippen MR) is 89.2 cm³/mol. The Balaban J connectivity index is 1.93. The average molecular weight is 292 g/mol. The summed E-state index contributed by atoms with van der Waals surface area (Å²) < 4.78 is 7.28. The molecule has 22 heavy (non-hydrogen) atoms. The van der Waals surface area contributed by atoms with Crippen LogP contribution in [0, 0.1) is 6.92 Å². The van der Waals surface area contributed by atoms with Gasteiger partial charge in [0, 0.05) is 11.3 Å². The lowest BCUT2D eigenvalue weighted by Gasteiger charge is -2.14. The van der Waals surface area contributed by atoms with Crippen LogP contribution < -0.4 is 4.74 Å². The second-order valence-corrected chi connectivity index (χ2v) is 5.43. The molecule has 1 atom stereocenters. The van der Waals surface area contributed by atoms with E-state index in [1.807, 2.05) is 30.3 Å². The molecule has 0 fully saturated rings. The highest BCUT2D eigenvalue weighted by atomic mass is 16.5. The second-order valence-electron chi connectivity index (χ2n) is 5.43. The standard InChI is InChI=1S/C19H20N2O/c1-14-13-19(17-9-11-18(22-3)12-10-17)20-21(14)15(2)16-7-5-4-6-8-16/h4-13,15H,1-3H3/t15-/m1/s1. The third-order valence-corrected chi connectivity index (χ3v) is 3.96. The molecular formula is C19H20N2O. The number of nitrogens with zero attached hydrogens (tertiary/aromatic N) is 2. The van der Waals surface area contributed by atoms with E-state index in [0.717, 1.165) is 22.7 Å². The van der Waals surface area contributed by atoms with Crippen LogP contribution in [-0.2, 0) is 0 Å². The van der Waals surface area contributed by atoms with Crippen molar-refractivity contribution in [3.63, 3.8) is 0 Å². The number of aryl methyl sites for hydroxylation is 1. The van der Waals surface area contributed by atoms with Gasteiger partial charge in [-0.2, -0.15) is 5.10 Å². The Hall–Kier alpha value is -2.55. The zero-order valence-corrected chi connectivity index (χ0v) is 13.2. The summed E-state index contributed by atoms with van der Waals surface area (Å²) in [5, 5.41) is 4.79. The Morgan fingerprint density at radius 2 is 1.68 bits per heavy atom. The van der Waals surface area contributed by atoms with Gasteiger partial charge >= 0.3 is 0 Å². The molecular weight excluding hydrogens is 272 g/mol. The van der Waals surface area contributed by atoms with E-state index in [0.29, 0.717) is 0 Å². The van der Waals surface area contributed by atoms with Gasteiger partial charge < -0.3 is 4.74 Å². The fourth-order valence-corrected chi connectivity index (χ4v) is 2.66. The maximum atomic E-state index is 5.20. The quantitative estimate of drug-likeness (QED) is 0.709. The Kier molecular flexibility index (Phi) is 3.96. The summed E-state index contributed by atoms with van der Waals surface area (Å²) in [6.45, 7) is 4.27. The van der Waals surface area contributed by atoms with E-state index < -0.39 is 0 Å². The highest BCUT2D eigenvalue weighted by Crippen LogP contribution is 2.25. The molecule has 2 aromatic carbocycles. The average Bonchev–Trinajstić information content (AvgIpc) is 2.97. The van der Waals surface area contributed by atoms with Gasteiger partial charge in [0.1, 0.15) is 5.75 Å². The fraction of sp³-hybridized carbons (Fsp3) is 0.211. The molecule has 1 aromatic heterocycles. The smallest absolute Gasteiger partial charge is 0.118 e. The number of benzene rings is 2. The van der Waals surface area contributed by atoms with Crippen molar-refractivity contribution in [1.29, 1.82) is 0 Å². The topological polar surface area (TPSA) is 27.1 Å². The van der Waals surface area contributed by atoms with Crippen molar-refractivity contribution < 1.29 is 4.74 Å². The van der Waals surface area contributed by atoms with Crippen LogP contribution in [0.15, 0.2) is 60.7 Å². The zero-order valence-electron chi connectivity index (χ0n) is 13.2. The Morgan fingerprint density at radius 3 is 2.32 bits per heavy atom. The normalized spacial score (nSPS) is 12.1. The molecule has 0 amide bonds. The zero-order chi connectivity index (χ0) is 15.5. The van der Waals surface area contributed by atoms with Crippen LogP contribution in [0.1, 0.15) is 24.2 Å². The fourth-order valence-electron chi connectivity index (χ4n) is 2.66. The van der Waals surface area contributed by atoms with Crippen molar-refractivity contribution in [2.45, 2.75) is 19.9 Å². The van der Waals surface area contributed by atoms with Crippen LogP contribution in [0.25, 0.3) is 11.3 Å². The van der Waals surface area contributed by atoms with Gasteiger partial charge in [0.05, 0.1) is 18.8 Å². The van der Waals surface area contributed by atoms with Crippen molar-refractivity contribution in [1.82, 2.24) is 9.78 Å². The van der Waals surface area contributed by atoms with E-state index in [2.05, 4.69) is 48.9 Å². The van der Waals surface area contributed by atoms with Gasteiger partial charge in [-0.3, -0.25) is 4.68 Å². The highest BCUT2D eigenvalue weighted by Gasteiger charge is 2.13. The Morgan fingerprint density at radius 1 is 1.00 bits per heavy atom. The number of aromatic nitrogens is 2. The molecule has 0 aliphatic heterocycles. The molecule has 0 bridgehead atoms. The summed E-state index contributed by atoms with van der Waals surface area (Å²) in [5.74, 6) is 0.859. The molecule has 0 aliphatic rings. The monoisotopic (exact) mass is 292 g/mol. The van der Waals surface area contributed by atoms with Crippen LogP contribution in [0.4, 0.5) is 0 Å². The molecule has 3 heteroatoms. The van der Waals surface area contributed by atoms with Crippen molar-refractivity contribution in [2.75, 3.05) is 7.11 Å². The van der Waals surface area contributed by atoms with E-state index in [9.17, 15) is 0 Å². The van der Waals surface area contributed by atoms with Gasteiger partial charge in [0.15, 0.2) is 0 Å². The number of rotatable bonds is 4. The third-order valence-electron chi connectivity index (χ3n) is 3.96. The third kappa shape index (κ3) is 2.75. The first kappa shape index (κ1) is 14.4. The predicted octanol–water partition coefficient (Wildman–Crippen LogP) is 4.48. The van der Waals surface area contributed by atoms with Crippen LogP contribution >= 0.6 is 0 Å². The lowest BCUT2D eigenvalue weighted by Crippen LogP contribution is -2.10. The van der Waals surface area contributed by atoms with E-state index in [-0.39, 0.29) is 6.04 Å². The second kappa shape index (κ2) is 6.06. The minimum atomic E-state index is 0.216. The maximum absolute atomic E-state index is 5.20. The summed E-state index contributed by atoms with van der Waals surface area (Å²) in [7, 11) is 1.68. The first-order valence-corrected chi connectivity index (χ1v) is 7.44. The summed E-state index contributed by atoms with van der Waals surface area (Å²) in [6.07, 6.45) is 0. The minimum Gasteiger partial charge on any atom is -0.497 e. The largest absolute Gasteiger partial charge is 0.497 e. The minimum absolute atomic E-state index is 0.216. The van der Waals surface area contributed by atoms with E-state index in [1.165, 1.54) is 5.56 Å². The SMILES string of the molecule is COc1ccc(-c2cc(C)n([C@H](C)c3ccccc3)n2)cc1.